The zero-order chi connectivity index (χ0) is 15.0. The summed E-state index contributed by atoms with van der Waals surface area (Å²) in [4.78, 5) is 36.7. The lowest BCUT2D eigenvalue weighted by atomic mass is 9.97. The van der Waals surface area contributed by atoms with E-state index in [0.717, 1.165) is 5.56 Å². The van der Waals surface area contributed by atoms with Crippen LogP contribution in [0.2, 0.25) is 0 Å². The van der Waals surface area contributed by atoms with Gasteiger partial charge in [-0.05, 0) is 18.1 Å². The van der Waals surface area contributed by atoms with Gasteiger partial charge in [0.15, 0.2) is 0 Å². The zero-order valence-corrected chi connectivity index (χ0v) is 11.4. The molecule has 110 valence electrons. The second kappa shape index (κ2) is 5.20. The Morgan fingerprint density at radius 1 is 1.29 bits per heavy atom. The SMILES string of the molecule is O=C1CCC(C(=O)N2c3ccccc3C[C@H]2C(=O)O)CN1. The van der Waals surface area contributed by atoms with Crippen molar-refractivity contribution in [2.45, 2.75) is 25.3 Å². The van der Waals surface area contributed by atoms with Gasteiger partial charge in [0.25, 0.3) is 0 Å². The number of aliphatic carboxylic acids is 1. The molecule has 2 atom stereocenters. The number of amides is 2. The first kappa shape index (κ1) is 13.6. The molecule has 6 nitrogen and oxygen atoms in total. The van der Waals surface area contributed by atoms with Crippen molar-refractivity contribution in [1.29, 1.82) is 0 Å². The number of para-hydroxylation sites is 1. The van der Waals surface area contributed by atoms with E-state index in [1.54, 1.807) is 12.1 Å². The molecule has 2 aliphatic rings. The molecule has 0 bridgehead atoms. The summed E-state index contributed by atoms with van der Waals surface area (Å²) in [7, 11) is 0. The number of carboxylic acid groups (broad SMARTS) is 1. The molecule has 1 saturated heterocycles. The summed E-state index contributed by atoms with van der Waals surface area (Å²) in [6, 6.07) is 6.41. The molecule has 3 rings (SSSR count). The molecule has 2 amide bonds. The van der Waals surface area contributed by atoms with E-state index in [9.17, 15) is 19.5 Å². The van der Waals surface area contributed by atoms with Gasteiger partial charge in [-0.2, -0.15) is 0 Å². The van der Waals surface area contributed by atoms with Gasteiger partial charge in [-0.1, -0.05) is 18.2 Å². The number of hydrogen-bond donors (Lipinski definition) is 2. The van der Waals surface area contributed by atoms with E-state index in [0.29, 0.717) is 24.9 Å². The Morgan fingerprint density at radius 2 is 2.05 bits per heavy atom. The fourth-order valence-corrected chi connectivity index (χ4v) is 3.00. The average Bonchev–Trinajstić information content (AvgIpc) is 2.87. The smallest absolute Gasteiger partial charge is 0.327 e. The lowest BCUT2D eigenvalue weighted by Gasteiger charge is -2.29. The first-order valence-corrected chi connectivity index (χ1v) is 6.98. The van der Waals surface area contributed by atoms with Crippen LogP contribution in [0.4, 0.5) is 5.69 Å². The topological polar surface area (TPSA) is 86.7 Å². The second-order valence-corrected chi connectivity index (χ2v) is 5.43. The summed E-state index contributed by atoms with van der Waals surface area (Å²) >= 11 is 0. The monoisotopic (exact) mass is 288 g/mol. The van der Waals surface area contributed by atoms with Gasteiger partial charge in [0.1, 0.15) is 6.04 Å². The van der Waals surface area contributed by atoms with E-state index in [2.05, 4.69) is 5.32 Å². The summed E-state index contributed by atoms with van der Waals surface area (Å²) in [6.45, 7) is 0.280. The molecule has 1 unspecified atom stereocenters. The third-order valence-corrected chi connectivity index (χ3v) is 4.11. The number of fused-ring (bicyclic) bond motifs is 1. The molecule has 0 radical (unpaired) electrons. The van der Waals surface area contributed by atoms with Crippen LogP contribution >= 0.6 is 0 Å². The quantitative estimate of drug-likeness (QED) is 0.832. The second-order valence-electron chi connectivity index (χ2n) is 5.43. The number of piperidine rings is 1. The van der Waals surface area contributed by atoms with Gasteiger partial charge in [-0.15, -0.1) is 0 Å². The van der Waals surface area contributed by atoms with Crippen LogP contribution in [0.3, 0.4) is 0 Å². The number of carboxylic acids is 1. The normalized spacial score (nSPS) is 24.4. The standard InChI is InChI=1S/C15H16N2O4/c18-13-6-5-10(8-16-13)14(19)17-11-4-2-1-3-9(11)7-12(17)15(20)21/h1-4,10,12H,5-8H2,(H,16,18)(H,20,21)/t10?,12-/m0/s1. The highest BCUT2D eigenvalue weighted by molar-refractivity contribution is 6.03. The lowest BCUT2D eigenvalue weighted by Crippen LogP contribution is -2.49. The van der Waals surface area contributed by atoms with Crippen LogP contribution in [0.5, 0.6) is 0 Å². The molecule has 2 aliphatic heterocycles. The molecule has 1 aromatic carbocycles. The van der Waals surface area contributed by atoms with Crippen molar-refractivity contribution >= 4 is 23.5 Å². The minimum Gasteiger partial charge on any atom is -0.480 e. The van der Waals surface area contributed by atoms with Gasteiger partial charge < -0.3 is 10.4 Å². The van der Waals surface area contributed by atoms with Crippen molar-refractivity contribution in [3.8, 4) is 0 Å². The van der Waals surface area contributed by atoms with Crippen LogP contribution < -0.4 is 10.2 Å². The highest BCUT2D eigenvalue weighted by Gasteiger charge is 2.41. The number of nitrogens with one attached hydrogen (secondary N) is 1. The zero-order valence-electron chi connectivity index (χ0n) is 11.4. The Balaban J connectivity index is 1.89. The molecule has 2 N–H and O–H groups in total. The van der Waals surface area contributed by atoms with Crippen LogP contribution in [-0.2, 0) is 20.8 Å². The third-order valence-electron chi connectivity index (χ3n) is 4.11. The van der Waals surface area contributed by atoms with Gasteiger partial charge in [-0.3, -0.25) is 14.5 Å². The van der Waals surface area contributed by atoms with E-state index in [4.69, 9.17) is 0 Å². The molecular weight excluding hydrogens is 272 g/mol. The van der Waals surface area contributed by atoms with E-state index < -0.39 is 12.0 Å². The largest absolute Gasteiger partial charge is 0.480 e. The number of rotatable bonds is 2. The fourth-order valence-electron chi connectivity index (χ4n) is 3.00. The van der Waals surface area contributed by atoms with E-state index >= 15 is 0 Å². The Kier molecular flexibility index (Phi) is 3.37. The van der Waals surface area contributed by atoms with Crippen molar-refractivity contribution < 1.29 is 19.5 Å². The summed E-state index contributed by atoms with van der Waals surface area (Å²) in [5, 5.41) is 12.1. The molecule has 0 spiro atoms. The Hall–Kier alpha value is -2.37. The Labute approximate surface area is 121 Å². The first-order valence-electron chi connectivity index (χ1n) is 6.98. The number of carbonyl (C=O) groups is 3. The highest BCUT2D eigenvalue weighted by atomic mass is 16.4. The van der Waals surface area contributed by atoms with Crippen LogP contribution in [0.15, 0.2) is 24.3 Å². The van der Waals surface area contributed by atoms with Crippen molar-refractivity contribution in [2.24, 2.45) is 5.92 Å². The predicted molar refractivity (Wildman–Crippen MR) is 74.8 cm³/mol. The molecule has 1 aromatic rings. The van der Waals surface area contributed by atoms with Crippen LogP contribution in [0, 0.1) is 5.92 Å². The van der Waals surface area contributed by atoms with E-state index in [1.165, 1.54) is 4.90 Å². The minimum absolute atomic E-state index is 0.0596. The third kappa shape index (κ3) is 2.37. The summed E-state index contributed by atoms with van der Waals surface area (Å²) in [5.41, 5.74) is 1.55. The maximum absolute atomic E-state index is 12.7. The number of nitrogens with zero attached hydrogens (tertiary/aromatic N) is 1. The van der Waals surface area contributed by atoms with Crippen molar-refractivity contribution in [3.05, 3.63) is 29.8 Å². The van der Waals surface area contributed by atoms with Gasteiger partial charge in [0.2, 0.25) is 11.8 Å². The highest BCUT2D eigenvalue weighted by Crippen LogP contribution is 2.34. The van der Waals surface area contributed by atoms with Crippen LogP contribution in [0.1, 0.15) is 18.4 Å². The van der Waals surface area contributed by atoms with Crippen LogP contribution in [-0.4, -0.2) is 35.5 Å². The molecule has 0 aliphatic carbocycles. The van der Waals surface area contributed by atoms with Crippen LogP contribution in [0.25, 0.3) is 0 Å². The molecular formula is C15H16N2O4. The van der Waals surface area contributed by atoms with Crippen molar-refractivity contribution in [3.63, 3.8) is 0 Å². The van der Waals surface area contributed by atoms with Gasteiger partial charge in [0, 0.05) is 25.1 Å². The summed E-state index contributed by atoms with van der Waals surface area (Å²) in [5.74, 6) is -1.63. The molecule has 6 heteroatoms. The number of anilines is 1. The number of hydrogen-bond acceptors (Lipinski definition) is 3. The van der Waals surface area contributed by atoms with E-state index in [-0.39, 0.29) is 24.3 Å². The minimum atomic E-state index is -1.00. The maximum atomic E-state index is 12.7. The molecule has 21 heavy (non-hydrogen) atoms. The molecule has 1 fully saturated rings. The number of benzene rings is 1. The lowest BCUT2D eigenvalue weighted by molar-refractivity contribution is -0.140. The molecule has 2 heterocycles. The Morgan fingerprint density at radius 3 is 2.71 bits per heavy atom. The fraction of sp³-hybridized carbons (Fsp3) is 0.400. The van der Waals surface area contributed by atoms with Gasteiger partial charge in [-0.25, -0.2) is 4.79 Å². The van der Waals surface area contributed by atoms with E-state index in [1.807, 2.05) is 12.1 Å². The number of carbonyl (C=O) groups excluding carboxylic acids is 2. The summed E-state index contributed by atoms with van der Waals surface area (Å²) < 4.78 is 0. The predicted octanol–water partition coefficient (Wildman–Crippen LogP) is 0.555. The van der Waals surface area contributed by atoms with Gasteiger partial charge in [0.05, 0.1) is 5.92 Å². The van der Waals surface area contributed by atoms with Crippen molar-refractivity contribution in [2.75, 3.05) is 11.4 Å². The van der Waals surface area contributed by atoms with Crippen molar-refractivity contribution in [1.82, 2.24) is 5.32 Å². The Bertz CT molecular complexity index is 603. The molecule has 0 saturated carbocycles. The summed E-state index contributed by atoms with van der Waals surface area (Å²) in [6.07, 6.45) is 1.11. The average molecular weight is 288 g/mol. The van der Waals surface area contributed by atoms with Gasteiger partial charge >= 0.3 is 5.97 Å². The molecule has 0 aromatic heterocycles. The first-order chi connectivity index (χ1) is 10.1. The maximum Gasteiger partial charge on any atom is 0.327 e.